The van der Waals surface area contributed by atoms with Gasteiger partial charge in [0.1, 0.15) is 6.61 Å². The Kier molecular flexibility index (Phi) is 5.70. The van der Waals surface area contributed by atoms with Crippen molar-refractivity contribution >= 4 is 17.8 Å². The van der Waals surface area contributed by atoms with Gasteiger partial charge >= 0.3 is 5.97 Å². The number of amides is 2. The average molecular weight is 320 g/mol. The summed E-state index contributed by atoms with van der Waals surface area (Å²) in [6, 6.07) is 6.38. The summed E-state index contributed by atoms with van der Waals surface area (Å²) >= 11 is 0. The van der Waals surface area contributed by atoms with Crippen LogP contribution in [0.15, 0.2) is 24.3 Å². The standard InChI is InChI=1S/C16H20N2O5/c1-23-11-15(20)18-7-5-17(6-8-18)14(19)10-12-3-2-4-13(9-12)16(21)22/h2-4,9H,5-8,10-11H2,1H3,(H,21,22). The number of carboxylic acids is 1. The molecule has 1 N–H and O–H groups in total. The Morgan fingerprint density at radius 3 is 2.26 bits per heavy atom. The quantitative estimate of drug-likeness (QED) is 0.840. The van der Waals surface area contributed by atoms with E-state index >= 15 is 0 Å². The smallest absolute Gasteiger partial charge is 0.335 e. The summed E-state index contributed by atoms with van der Waals surface area (Å²) in [5, 5.41) is 8.97. The van der Waals surface area contributed by atoms with Crippen LogP contribution in [-0.4, -0.2) is 72.6 Å². The van der Waals surface area contributed by atoms with Crippen molar-refractivity contribution in [2.45, 2.75) is 6.42 Å². The molecule has 2 rings (SSSR count). The van der Waals surface area contributed by atoms with Gasteiger partial charge in [0.15, 0.2) is 0 Å². The fraction of sp³-hybridized carbons (Fsp3) is 0.438. The molecular weight excluding hydrogens is 300 g/mol. The Hall–Kier alpha value is -2.41. The van der Waals surface area contributed by atoms with Gasteiger partial charge < -0.3 is 19.6 Å². The predicted octanol–water partition coefficient (Wildman–Crippen LogP) is 0.245. The predicted molar refractivity (Wildman–Crippen MR) is 82.1 cm³/mol. The lowest BCUT2D eigenvalue weighted by Gasteiger charge is -2.34. The molecule has 7 heteroatoms. The van der Waals surface area contributed by atoms with E-state index in [-0.39, 0.29) is 30.4 Å². The van der Waals surface area contributed by atoms with Crippen LogP contribution in [0.5, 0.6) is 0 Å². The van der Waals surface area contributed by atoms with E-state index < -0.39 is 5.97 Å². The van der Waals surface area contributed by atoms with Crippen LogP contribution in [0.1, 0.15) is 15.9 Å². The molecule has 0 radical (unpaired) electrons. The molecule has 1 fully saturated rings. The van der Waals surface area contributed by atoms with Gasteiger partial charge in [-0.2, -0.15) is 0 Å². The van der Waals surface area contributed by atoms with Gasteiger partial charge in [0.05, 0.1) is 12.0 Å². The van der Waals surface area contributed by atoms with Crippen LogP contribution in [-0.2, 0) is 20.7 Å². The second-order valence-corrected chi connectivity index (χ2v) is 5.38. The van der Waals surface area contributed by atoms with Crippen LogP contribution < -0.4 is 0 Å². The second-order valence-electron chi connectivity index (χ2n) is 5.38. The first-order valence-electron chi connectivity index (χ1n) is 7.38. The van der Waals surface area contributed by atoms with E-state index in [1.807, 2.05) is 0 Å². The first-order valence-corrected chi connectivity index (χ1v) is 7.38. The summed E-state index contributed by atoms with van der Waals surface area (Å²) in [5.74, 6) is -1.15. The Bertz CT molecular complexity index is 594. The van der Waals surface area contributed by atoms with Crippen molar-refractivity contribution in [1.82, 2.24) is 9.80 Å². The third-order valence-electron chi connectivity index (χ3n) is 3.78. The summed E-state index contributed by atoms with van der Waals surface area (Å²) in [7, 11) is 1.48. The molecule has 23 heavy (non-hydrogen) atoms. The molecule has 2 amide bonds. The van der Waals surface area contributed by atoms with Gasteiger partial charge in [-0.3, -0.25) is 9.59 Å². The molecule has 1 aliphatic rings. The Morgan fingerprint density at radius 1 is 1.09 bits per heavy atom. The molecule has 0 spiro atoms. The summed E-state index contributed by atoms with van der Waals surface area (Å²) in [6.07, 6.45) is 0.160. The van der Waals surface area contributed by atoms with Crippen molar-refractivity contribution in [2.75, 3.05) is 39.9 Å². The molecule has 7 nitrogen and oxygen atoms in total. The van der Waals surface area contributed by atoms with Gasteiger partial charge in [-0.05, 0) is 17.7 Å². The molecule has 0 unspecified atom stereocenters. The molecule has 1 heterocycles. The highest BCUT2D eigenvalue weighted by Gasteiger charge is 2.24. The normalized spacial score (nSPS) is 14.7. The van der Waals surface area contributed by atoms with Crippen molar-refractivity contribution in [2.24, 2.45) is 0 Å². The van der Waals surface area contributed by atoms with Crippen LogP contribution in [0, 0.1) is 0 Å². The van der Waals surface area contributed by atoms with Crippen molar-refractivity contribution in [3.05, 3.63) is 35.4 Å². The van der Waals surface area contributed by atoms with Gasteiger partial charge in [-0.1, -0.05) is 12.1 Å². The van der Waals surface area contributed by atoms with E-state index in [0.29, 0.717) is 31.7 Å². The molecule has 1 aliphatic heterocycles. The van der Waals surface area contributed by atoms with Crippen molar-refractivity contribution < 1.29 is 24.2 Å². The number of piperazine rings is 1. The molecule has 124 valence electrons. The van der Waals surface area contributed by atoms with Crippen molar-refractivity contribution in [1.29, 1.82) is 0 Å². The number of aromatic carboxylic acids is 1. The van der Waals surface area contributed by atoms with Crippen LogP contribution in [0.25, 0.3) is 0 Å². The second kappa shape index (κ2) is 7.73. The minimum absolute atomic E-state index is 0.0515. The first-order chi connectivity index (χ1) is 11.0. The topological polar surface area (TPSA) is 87.2 Å². The number of carboxylic acid groups (broad SMARTS) is 1. The monoisotopic (exact) mass is 320 g/mol. The number of methoxy groups -OCH3 is 1. The zero-order chi connectivity index (χ0) is 16.8. The van der Waals surface area contributed by atoms with Crippen LogP contribution in [0.4, 0.5) is 0 Å². The average Bonchev–Trinajstić information content (AvgIpc) is 2.55. The number of carbonyl (C=O) groups excluding carboxylic acids is 2. The van der Waals surface area contributed by atoms with Gasteiger partial charge in [0.25, 0.3) is 0 Å². The van der Waals surface area contributed by atoms with Gasteiger partial charge in [-0.25, -0.2) is 4.79 Å². The molecule has 1 saturated heterocycles. The summed E-state index contributed by atoms with van der Waals surface area (Å²) in [4.78, 5) is 38.3. The van der Waals surface area contributed by atoms with E-state index in [9.17, 15) is 14.4 Å². The van der Waals surface area contributed by atoms with E-state index in [1.165, 1.54) is 19.2 Å². The largest absolute Gasteiger partial charge is 0.478 e. The maximum atomic E-state index is 12.3. The highest BCUT2D eigenvalue weighted by atomic mass is 16.5. The zero-order valence-electron chi connectivity index (χ0n) is 13.0. The zero-order valence-corrected chi connectivity index (χ0v) is 13.0. The number of ether oxygens (including phenoxy) is 1. The molecule has 0 aromatic heterocycles. The number of benzene rings is 1. The van der Waals surface area contributed by atoms with Gasteiger partial charge in [0.2, 0.25) is 11.8 Å². The highest BCUT2D eigenvalue weighted by Crippen LogP contribution is 2.10. The molecule has 0 bridgehead atoms. The van der Waals surface area contributed by atoms with Crippen molar-refractivity contribution in [3.63, 3.8) is 0 Å². The Morgan fingerprint density at radius 2 is 1.70 bits per heavy atom. The number of nitrogens with zero attached hydrogens (tertiary/aromatic N) is 2. The maximum absolute atomic E-state index is 12.3. The SMILES string of the molecule is COCC(=O)N1CCN(C(=O)Cc2cccc(C(=O)O)c2)CC1. The minimum Gasteiger partial charge on any atom is -0.478 e. The lowest BCUT2D eigenvalue weighted by molar-refractivity contribution is -0.141. The third kappa shape index (κ3) is 4.53. The number of carbonyl (C=O) groups is 3. The van der Waals surface area contributed by atoms with E-state index in [2.05, 4.69) is 0 Å². The van der Waals surface area contributed by atoms with Gasteiger partial charge in [0, 0.05) is 33.3 Å². The maximum Gasteiger partial charge on any atom is 0.335 e. The van der Waals surface area contributed by atoms with E-state index in [0.717, 1.165) is 0 Å². The summed E-state index contributed by atoms with van der Waals surface area (Å²) in [6.45, 7) is 1.99. The van der Waals surface area contributed by atoms with Crippen molar-refractivity contribution in [3.8, 4) is 0 Å². The lowest BCUT2D eigenvalue weighted by Crippen LogP contribution is -2.51. The Balaban J connectivity index is 1.89. The number of rotatable bonds is 5. The van der Waals surface area contributed by atoms with Gasteiger partial charge in [-0.15, -0.1) is 0 Å². The highest BCUT2D eigenvalue weighted by molar-refractivity contribution is 5.88. The fourth-order valence-corrected chi connectivity index (χ4v) is 2.52. The Labute approximate surface area is 134 Å². The third-order valence-corrected chi connectivity index (χ3v) is 3.78. The molecular formula is C16H20N2O5. The van der Waals surface area contributed by atoms with Crippen LogP contribution in [0.2, 0.25) is 0 Å². The summed E-state index contributed by atoms with van der Waals surface area (Å²) in [5.41, 5.74) is 0.845. The molecule has 1 aromatic carbocycles. The number of hydrogen-bond acceptors (Lipinski definition) is 4. The minimum atomic E-state index is -1.01. The van der Waals surface area contributed by atoms with Crippen LogP contribution >= 0.6 is 0 Å². The fourth-order valence-electron chi connectivity index (χ4n) is 2.52. The van der Waals surface area contributed by atoms with Crippen LogP contribution in [0.3, 0.4) is 0 Å². The molecule has 0 atom stereocenters. The molecule has 1 aromatic rings. The summed E-state index contributed by atoms with van der Waals surface area (Å²) < 4.78 is 4.82. The van der Waals surface area contributed by atoms with E-state index in [4.69, 9.17) is 9.84 Å². The molecule has 0 aliphatic carbocycles. The van der Waals surface area contributed by atoms with E-state index in [1.54, 1.807) is 21.9 Å². The first kappa shape index (κ1) is 17.0. The molecule has 0 saturated carbocycles. The lowest BCUT2D eigenvalue weighted by atomic mass is 10.1. The number of hydrogen-bond donors (Lipinski definition) is 1.